The van der Waals surface area contributed by atoms with Crippen molar-refractivity contribution in [3.05, 3.63) is 24.3 Å². The van der Waals surface area contributed by atoms with E-state index >= 15 is 0 Å². The number of ether oxygens (including phenoxy) is 3. The topological polar surface area (TPSA) is 73.9 Å². The third-order valence-corrected chi connectivity index (χ3v) is 5.07. The van der Waals surface area contributed by atoms with Crippen LogP contribution in [0, 0.1) is 0 Å². The van der Waals surface area contributed by atoms with Gasteiger partial charge in [-0.15, -0.1) is 11.8 Å². The van der Waals surface area contributed by atoms with Crippen LogP contribution in [0.5, 0.6) is 11.5 Å². The fourth-order valence-corrected chi connectivity index (χ4v) is 3.55. The second-order valence-electron chi connectivity index (χ2n) is 5.29. The number of carbonyl (C=O) groups is 2. The van der Waals surface area contributed by atoms with Crippen molar-refractivity contribution >= 4 is 23.5 Å². The van der Waals surface area contributed by atoms with Gasteiger partial charge >= 0.3 is 5.97 Å². The third kappa shape index (κ3) is 4.88. The van der Waals surface area contributed by atoms with Crippen LogP contribution in [0.1, 0.15) is 19.8 Å². The van der Waals surface area contributed by atoms with E-state index in [1.54, 1.807) is 38.3 Å². The third-order valence-electron chi connectivity index (χ3n) is 3.67. The molecule has 1 heterocycles. The van der Waals surface area contributed by atoms with E-state index in [0.717, 1.165) is 18.0 Å². The molecular weight excluding hydrogens is 330 g/mol. The normalized spacial score (nSPS) is 19.8. The summed E-state index contributed by atoms with van der Waals surface area (Å²) < 4.78 is 15.8. The van der Waals surface area contributed by atoms with Gasteiger partial charge in [0.25, 0.3) is 0 Å². The van der Waals surface area contributed by atoms with E-state index < -0.39 is 4.87 Å². The van der Waals surface area contributed by atoms with Gasteiger partial charge in [0.1, 0.15) is 18.1 Å². The Kier molecular flexibility index (Phi) is 6.93. The summed E-state index contributed by atoms with van der Waals surface area (Å²) in [5, 5.41) is 3.23. The Bertz CT molecular complexity index is 555. The van der Waals surface area contributed by atoms with Crippen molar-refractivity contribution in [2.45, 2.75) is 24.6 Å². The van der Waals surface area contributed by atoms with Crippen LogP contribution in [0.3, 0.4) is 0 Å². The molecule has 6 nitrogen and oxygen atoms in total. The first-order valence-electron chi connectivity index (χ1n) is 7.94. The second-order valence-corrected chi connectivity index (χ2v) is 6.69. The maximum absolute atomic E-state index is 12.6. The highest BCUT2D eigenvalue weighted by molar-refractivity contribution is 8.01. The minimum atomic E-state index is -0.799. The molecule has 1 aliphatic heterocycles. The van der Waals surface area contributed by atoms with E-state index in [4.69, 9.17) is 14.2 Å². The van der Waals surface area contributed by atoms with Crippen molar-refractivity contribution in [3.8, 4) is 11.5 Å². The van der Waals surface area contributed by atoms with E-state index in [-0.39, 0.29) is 31.2 Å². The largest absolute Gasteiger partial charge is 0.497 e. The van der Waals surface area contributed by atoms with Gasteiger partial charge in [-0.2, -0.15) is 0 Å². The molecule has 0 aliphatic carbocycles. The summed E-state index contributed by atoms with van der Waals surface area (Å²) in [5.74, 6) is 1.86. The van der Waals surface area contributed by atoms with Crippen molar-refractivity contribution < 1.29 is 23.8 Å². The zero-order chi connectivity index (χ0) is 17.4. The number of methoxy groups -OCH3 is 1. The summed E-state index contributed by atoms with van der Waals surface area (Å²) in [4.78, 5) is 23.3. The van der Waals surface area contributed by atoms with Gasteiger partial charge in [-0.25, -0.2) is 0 Å². The second kappa shape index (κ2) is 8.94. The highest BCUT2D eigenvalue weighted by Crippen LogP contribution is 2.31. The summed E-state index contributed by atoms with van der Waals surface area (Å²) in [5.41, 5.74) is 0. The molecule has 24 heavy (non-hydrogen) atoms. The molecule has 2 rings (SSSR count). The highest BCUT2D eigenvalue weighted by Gasteiger charge is 2.42. The van der Waals surface area contributed by atoms with Gasteiger partial charge in [0.2, 0.25) is 0 Å². The number of rotatable bonds is 9. The van der Waals surface area contributed by atoms with E-state index in [0.29, 0.717) is 12.4 Å². The van der Waals surface area contributed by atoms with Gasteiger partial charge in [-0.1, -0.05) is 0 Å². The molecule has 1 unspecified atom stereocenters. The number of benzene rings is 1. The molecule has 0 spiro atoms. The number of esters is 1. The van der Waals surface area contributed by atoms with Crippen molar-refractivity contribution in [2.75, 3.05) is 32.6 Å². The van der Waals surface area contributed by atoms with Crippen LogP contribution in [-0.4, -0.2) is 49.2 Å². The number of thioether (sulfide) groups is 1. The van der Waals surface area contributed by atoms with E-state index in [9.17, 15) is 9.59 Å². The van der Waals surface area contributed by atoms with Crippen molar-refractivity contribution in [1.82, 2.24) is 5.32 Å². The molecule has 1 aliphatic rings. The van der Waals surface area contributed by atoms with Crippen molar-refractivity contribution in [3.63, 3.8) is 0 Å². The van der Waals surface area contributed by atoms with Gasteiger partial charge in [-0.3, -0.25) is 14.9 Å². The zero-order valence-electron chi connectivity index (χ0n) is 14.0. The van der Waals surface area contributed by atoms with Gasteiger partial charge in [0.05, 0.1) is 20.1 Å². The Labute approximate surface area is 146 Å². The van der Waals surface area contributed by atoms with Gasteiger partial charge < -0.3 is 14.2 Å². The zero-order valence-corrected chi connectivity index (χ0v) is 14.8. The molecule has 132 valence electrons. The summed E-state index contributed by atoms with van der Waals surface area (Å²) in [7, 11) is 1.60. The monoisotopic (exact) mass is 353 g/mol. The molecule has 1 aromatic rings. The van der Waals surface area contributed by atoms with Gasteiger partial charge in [-0.05, 0) is 31.2 Å². The van der Waals surface area contributed by atoms with Crippen LogP contribution in [0.2, 0.25) is 0 Å². The Morgan fingerprint density at radius 3 is 2.50 bits per heavy atom. The van der Waals surface area contributed by atoms with Crippen LogP contribution in [0.25, 0.3) is 0 Å². The van der Waals surface area contributed by atoms with Gasteiger partial charge in [0, 0.05) is 18.7 Å². The number of ketones is 1. The standard InChI is InChI=1S/C17H23NO5S/c1-3-22-16(20)9-8-15(19)17(18-10-11-24-17)12-23-14-6-4-13(21-2)5-7-14/h4-7,18H,3,8-12H2,1-2H3. The molecule has 1 aromatic carbocycles. The number of hydrogen-bond donors (Lipinski definition) is 1. The van der Waals surface area contributed by atoms with Crippen molar-refractivity contribution in [1.29, 1.82) is 0 Å². The molecule has 1 fully saturated rings. The summed E-state index contributed by atoms with van der Waals surface area (Å²) in [6, 6.07) is 7.21. The molecule has 7 heteroatoms. The fraction of sp³-hybridized carbons (Fsp3) is 0.529. The quantitative estimate of drug-likeness (QED) is 0.681. The van der Waals surface area contributed by atoms with Crippen LogP contribution in [0.15, 0.2) is 24.3 Å². The van der Waals surface area contributed by atoms with E-state index in [1.165, 1.54) is 11.8 Å². The molecule has 1 atom stereocenters. The van der Waals surface area contributed by atoms with Crippen LogP contribution >= 0.6 is 11.8 Å². The summed E-state index contributed by atoms with van der Waals surface area (Å²) >= 11 is 1.53. The Hall–Kier alpha value is -1.73. The lowest BCUT2D eigenvalue weighted by Crippen LogP contribution is -2.50. The first-order valence-corrected chi connectivity index (χ1v) is 8.93. The highest BCUT2D eigenvalue weighted by atomic mass is 32.2. The number of carbonyl (C=O) groups excluding carboxylic acids is 2. The molecule has 0 bridgehead atoms. The van der Waals surface area contributed by atoms with Crippen molar-refractivity contribution in [2.24, 2.45) is 0 Å². The molecule has 1 saturated heterocycles. The molecule has 0 amide bonds. The summed E-state index contributed by atoms with van der Waals surface area (Å²) in [6.45, 7) is 3.03. The lowest BCUT2D eigenvalue weighted by molar-refractivity contribution is -0.144. The van der Waals surface area contributed by atoms with Crippen LogP contribution in [0.4, 0.5) is 0 Å². The van der Waals surface area contributed by atoms with Crippen LogP contribution in [-0.2, 0) is 14.3 Å². The first kappa shape index (κ1) is 18.6. The Morgan fingerprint density at radius 1 is 1.21 bits per heavy atom. The SMILES string of the molecule is CCOC(=O)CCC(=O)C1(COc2ccc(OC)cc2)NCCS1. The number of nitrogens with one attached hydrogen (secondary N) is 1. The molecule has 1 N–H and O–H groups in total. The molecule has 0 radical (unpaired) electrons. The average molecular weight is 353 g/mol. The Balaban J connectivity index is 1.93. The lowest BCUT2D eigenvalue weighted by Gasteiger charge is -2.27. The van der Waals surface area contributed by atoms with Gasteiger partial charge in [0.15, 0.2) is 10.7 Å². The number of hydrogen-bond acceptors (Lipinski definition) is 7. The Morgan fingerprint density at radius 2 is 1.92 bits per heavy atom. The summed E-state index contributed by atoms with van der Waals surface area (Å²) in [6.07, 6.45) is 0.240. The fourth-order valence-electron chi connectivity index (χ4n) is 2.39. The smallest absolute Gasteiger partial charge is 0.306 e. The number of Topliss-reactive ketones (excluding diaryl/α,β-unsaturated/α-hetero) is 1. The maximum atomic E-state index is 12.6. The molecule has 0 saturated carbocycles. The average Bonchev–Trinajstić information content (AvgIpc) is 3.09. The molecule has 0 aromatic heterocycles. The maximum Gasteiger partial charge on any atom is 0.306 e. The predicted octanol–water partition coefficient (Wildman–Crippen LogP) is 2.02. The minimum Gasteiger partial charge on any atom is -0.497 e. The van der Waals surface area contributed by atoms with E-state index in [1.807, 2.05) is 0 Å². The minimum absolute atomic E-state index is 0.0356. The lowest BCUT2D eigenvalue weighted by atomic mass is 10.1. The van der Waals surface area contributed by atoms with Crippen LogP contribution < -0.4 is 14.8 Å². The van der Waals surface area contributed by atoms with E-state index in [2.05, 4.69) is 5.32 Å². The molecular formula is C17H23NO5S. The predicted molar refractivity (Wildman–Crippen MR) is 92.6 cm³/mol. The first-order chi connectivity index (χ1) is 11.6.